The van der Waals surface area contributed by atoms with Crippen LogP contribution >= 0.6 is 0 Å². The molecule has 33 heavy (non-hydrogen) atoms. The van der Waals surface area contributed by atoms with Crippen LogP contribution in [0.25, 0.3) is 6.08 Å². The van der Waals surface area contributed by atoms with Crippen molar-refractivity contribution in [2.24, 2.45) is 0 Å². The molecule has 3 aromatic rings. The van der Waals surface area contributed by atoms with Gasteiger partial charge in [-0.3, -0.25) is 9.52 Å². The molecule has 0 saturated carbocycles. The molecule has 168 valence electrons. The normalized spacial score (nSPS) is 11.0. The Kier molecular flexibility index (Phi) is 7.84. The first-order valence-corrected chi connectivity index (χ1v) is 11.9. The topological polar surface area (TPSA) is 108 Å². The fourth-order valence-corrected chi connectivity index (χ4v) is 3.51. The standard InChI is InChI=1S/C25H23N3O4S/c1-33(30,31)28-22-11-6-19(7-12-22)10-15-25(29)27-24-5-3-2-4-21(24)18-32-23-13-8-20(9-14-23)16-17-26/h2-15,28H,16,18H2,1H3,(H,27,29). The predicted octanol–water partition coefficient (Wildman–Crippen LogP) is 4.36. The van der Waals surface area contributed by atoms with Gasteiger partial charge in [0.25, 0.3) is 0 Å². The van der Waals surface area contributed by atoms with E-state index < -0.39 is 10.0 Å². The van der Waals surface area contributed by atoms with Crippen molar-refractivity contribution < 1.29 is 17.9 Å². The van der Waals surface area contributed by atoms with Gasteiger partial charge in [0.1, 0.15) is 12.4 Å². The molecule has 0 atom stereocenters. The summed E-state index contributed by atoms with van der Waals surface area (Å²) in [5, 5.41) is 11.6. The van der Waals surface area contributed by atoms with Gasteiger partial charge in [-0.05, 0) is 47.5 Å². The van der Waals surface area contributed by atoms with Crippen LogP contribution in [0.2, 0.25) is 0 Å². The Morgan fingerprint density at radius 3 is 2.39 bits per heavy atom. The van der Waals surface area contributed by atoms with Gasteiger partial charge in [-0.2, -0.15) is 5.26 Å². The number of hydrogen-bond donors (Lipinski definition) is 2. The average Bonchev–Trinajstić information content (AvgIpc) is 2.78. The molecule has 0 aliphatic carbocycles. The van der Waals surface area contributed by atoms with Crippen LogP contribution in [-0.2, 0) is 27.8 Å². The highest BCUT2D eigenvalue weighted by molar-refractivity contribution is 7.92. The Morgan fingerprint density at radius 1 is 1.03 bits per heavy atom. The van der Waals surface area contributed by atoms with Gasteiger partial charge in [0.2, 0.25) is 15.9 Å². The Balaban J connectivity index is 1.59. The van der Waals surface area contributed by atoms with Gasteiger partial charge >= 0.3 is 0 Å². The molecule has 0 heterocycles. The van der Waals surface area contributed by atoms with Crippen molar-refractivity contribution in [3.8, 4) is 11.8 Å². The van der Waals surface area contributed by atoms with E-state index in [1.54, 1.807) is 36.4 Å². The first kappa shape index (κ1) is 23.6. The summed E-state index contributed by atoms with van der Waals surface area (Å²) < 4.78 is 30.7. The molecule has 0 radical (unpaired) electrons. The predicted molar refractivity (Wildman–Crippen MR) is 129 cm³/mol. The maximum Gasteiger partial charge on any atom is 0.248 e. The summed E-state index contributed by atoms with van der Waals surface area (Å²) in [7, 11) is -3.34. The van der Waals surface area contributed by atoms with Crippen molar-refractivity contribution in [1.29, 1.82) is 5.26 Å². The van der Waals surface area contributed by atoms with Gasteiger partial charge in [0.05, 0.1) is 18.7 Å². The minimum absolute atomic E-state index is 0.270. The summed E-state index contributed by atoms with van der Waals surface area (Å²) in [6.45, 7) is 0.270. The van der Waals surface area contributed by atoms with Crippen LogP contribution in [0, 0.1) is 11.3 Å². The summed E-state index contributed by atoms with van der Waals surface area (Å²) >= 11 is 0. The fraction of sp³-hybridized carbons (Fsp3) is 0.120. The Bertz CT molecular complexity index is 1280. The van der Waals surface area contributed by atoms with E-state index >= 15 is 0 Å². The van der Waals surface area contributed by atoms with E-state index in [1.165, 1.54) is 6.08 Å². The number of carbonyl (C=O) groups excluding carboxylic acids is 1. The summed E-state index contributed by atoms with van der Waals surface area (Å²) in [6.07, 6.45) is 4.48. The van der Waals surface area contributed by atoms with E-state index in [-0.39, 0.29) is 12.5 Å². The number of rotatable bonds is 9. The third-order valence-corrected chi connectivity index (χ3v) is 5.12. The van der Waals surface area contributed by atoms with Gasteiger partial charge < -0.3 is 10.1 Å². The molecular formula is C25H23N3O4S. The molecule has 0 bridgehead atoms. The highest BCUT2D eigenvalue weighted by Crippen LogP contribution is 2.20. The lowest BCUT2D eigenvalue weighted by atomic mass is 10.1. The maximum absolute atomic E-state index is 12.4. The molecule has 3 aromatic carbocycles. The lowest BCUT2D eigenvalue weighted by molar-refractivity contribution is -0.111. The summed E-state index contributed by atoms with van der Waals surface area (Å²) in [5.74, 6) is 0.369. The van der Waals surface area contributed by atoms with Crippen LogP contribution < -0.4 is 14.8 Å². The van der Waals surface area contributed by atoms with Gasteiger partial charge in [-0.1, -0.05) is 42.5 Å². The third kappa shape index (κ3) is 7.83. The van der Waals surface area contributed by atoms with Crippen LogP contribution in [0.15, 0.2) is 78.9 Å². The second-order valence-electron chi connectivity index (χ2n) is 7.24. The monoisotopic (exact) mass is 461 g/mol. The molecule has 0 spiro atoms. The highest BCUT2D eigenvalue weighted by atomic mass is 32.2. The molecule has 7 nitrogen and oxygen atoms in total. The van der Waals surface area contributed by atoms with Gasteiger partial charge in [-0.15, -0.1) is 0 Å². The number of anilines is 2. The summed E-state index contributed by atoms with van der Waals surface area (Å²) in [4.78, 5) is 12.4. The highest BCUT2D eigenvalue weighted by Gasteiger charge is 2.06. The number of hydrogen-bond acceptors (Lipinski definition) is 5. The zero-order chi connectivity index (χ0) is 23.7. The van der Waals surface area contributed by atoms with Crippen LogP contribution in [0.4, 0.5) is 11.4 Å². The zero-order valence-electron chi connectivity index (χ0n) is 18.0. The molecule has 0 saturated heterocycles. The minimum atomic E-state index is -3.34. The van der Waals surface area contributed by atoms with Crippen molar-refractivity contribution in [3.63, 3.8) is 0 Å². The number of para-hydroxylation sites is 1. The van der Waals surface area contributed by atoms with Crippen molar-refractivity contribution in [3.05, 3.63) is 95.6 Å². The van der Waals surface area contributed by atoms with Crippen LogP contribution in [-0.4, -0.2) is 20.6 Å². The van der Waals surface area contributed by atoms with Crippen LogP contribution in [0.3, 0.4) is 0 Å². The smallest absolute Gasteiger partial charge is 0.248 e. The third-order valence-electron chi connectivity index (χ3n) is 4.52. The molecule has 0 aromatic heterocycles. The SMILES string of the molecule is CS(=O)(=O)Nc1ccc(C=CC(=O)Nc2ccccc2COc2ccc(CC#N)cc2)cc1. The quantitative estimate of drug-likeness (QED) is 0.461. The minimum Gasteiger partial charge on any atom is -0.489 e. The number of nitrogens with one attached hydrogen (secondary N) is 2. The molecule has 0 aliphatic heterocycles. The molecule has 2 N–H and O–H groups in total. The van der Waals surface area contributed by atoms with E-state index in [4.69, 9.17) is 10.00 Å². The molecule has 1 amide bonds. The molecule has 0 aliphatic rings. The summed E-state index contributed by atoms with van der Waals surface area (Å²) in [6, 6.07) is 23.5. The fourth-order valence-electron chi connectivity index (χ4n) is 2.95. The second kappa shape index (κ2) is 11.0. The lowest BCUT2D eigenvalue weighted by Gasteiger charge is -2.11. The first-order valence-electron chi connectivity index (χ1n) is 10.1. The molecule has 3 rings (SSSR count). The molecule has 8 heteroatoms. The number of sulfonamides is 1. The van der Waals surface area contributed by atoms with Crippen LogP contribution in [0.1, 0.15) is 16.7 Å². The van der Waals surface area contributed by atoms with Crippen molar-refractivity contribution in [2.45, 2.75) is 13.0 Å². The van der Waals surface area contributed by atoms with E-state index in [0.717, 1.165) is 22.9 Å². The number of ether oxygens (including phenoxy) is 1. The first-order chi connectivity index (χ1) is 15.8. The van der Waals surface area contributed by atoms with Crippen molar-refractivity contribution >= 4 is 33.4 Å². The molecule has 0 fully saturated rings. The number of nitriles is 1. The molecular weight excluding hydrogens is 438 g/mol. The van der Waals surface area contributed by atoms with Crippen molar-refractivity contribution in [1.82, 2.24) is 0 Å². The summed E-state index contributed by atoms with van der Waals surface area (Å²) in [5.41, 5.74) is 3.58. The van der Waals surface area contributed by atoms with Gasteiger partial charge in [0.15, 0.2) is 0 Å². The van der Waals surface area contributed by atoms with E-state index in [9.17, 15) is 13.2 Å². The Labute approximate surface area is 193 Å². The van der Waals surface area contributed by atoms with Gasteiger partial charge in [0, 0.05) is 23.0 Å². The zero-order valence-corrected chi connectivity index (χ0v) is 18.8. The van der Waals surface area contributed by atoms with Crippen molar-refractivity contribution in [2.75, 3.05) is 16.3 Å². The lowest BCUT2D eigenvalue weighted by Crippen LogP contribution is -2.10. The number of nitrogens with zero attached hydrogens (tertiary/aromatic N) is 1. The molecule has 0 unspecified atom stereocenters. The van der Waals surface area contributed by atoms with Gasteiger partial charge in [-0.25, -0.2) is 8.42 Å². The number of carbonyl (C=O) groups is 1. The second-order valence-corrected chi connectivity index (χ2v) is 8.99. The Hall–Kier alpha value is -4.09. The van der Waals surface area contributed by atoms with E-state index in [1.807, 2.05) is 42.5 Å². The average molecular weight is 462 g/mol. The van der Waals surface area contributed by atoms with E-state index in [0.29, 0.717) is 23.5 Å². The number of benzene rings is 3. The largest absolute Gasteiger partial charge is 0.489 e. The Morgan fingerprint density at radius 2 is 1.73 bits per heavy atom. The maximum atomic E-state index is 12.4. The van der Waals surface area contributed by atoms with Crippen LogP contribution in [0.5, 0.6) is 5.75 Å². The number of amides is 1. The van der Waals surface area contributed by atoms with E-state index in [2.05, 4.69) is 16.1 Å².